The Hall–Kier alpha value is -1.26. The van der Waals surface area contributed by atoms with Gasteiger partial charge in [-0.05, 0) is 57.0 Å². The molecule has 2 aliphatic rings. The third kappa shape index (κ3) is 3.81. The van der Waals surface area contributed by atoms with Gasteiger partial charge in [-0.25, -0.2) is 0 Å². The van der Waals surface area contributed by atoms with Gasteiger partial charge in [-0.1, -0.05) is 25.3 Å². The lowest BCUT2D eigenvalue weighted by molar-refractivity contribution is 0.101. The van der Waals surface area contributed by atoms with Crippen molar-refractivity contribution in [3.05, 3.63) is 23.8 Å². The maximum absolute atomic E-state index is 6.69. The number of ether oxygens (including phenoxy) is 2. The minimum Gasteiger partial charge on any atom is -0.493 e. The summed E-state index contributed by atoms with van der Waals surface area (Å²) in [7, 11) is 3.85. The summed E-state index contributed by atoms with van der Waals surface area (Å²) in [5, 5.41) is 0. The highest BCUT2D eigenvalue weighted by atomic mass is 16.5. The highest BCUT2D eigenvalue weighted by molar-refractivity contribution is 5.45. The van der Waals surface area contributed by atoms with Crippen LogP contribution < -0.4 is 15.2 Å². The minimum atomic E-state index is -0.202. The molecule has 128 valence electrons. The molecule has 0 bridgehead atoms. The van der Waals surface area contributed by atoms with E-state index in [4.69, 9.17) is 15.2 Å². The largest absolute Gasteiger partial charge is 0.493 e. The van der Waals surface area contributed by atoms with Crippen molar-refractivity contribution in [3.63, 3.8) is 0 Å². The molecule has 3 rings (SSSR count). The number of likely N-dealkylation sites (tertiary alicyclic amines) is 1. The van der Waals surface area contributed by atoms with Gasteiger partial charge in [-0.15, -0.1) is 0 Å². The molecule has 2 fully saturated rings. The van der Waals surface area contributed by atoms with Gasteiger partial charge in [0.15, 0.2) is 11.5 Å². The van der Waals surface area contributed by atoms with Gasteiger partial charge in [-0.2, -0.15) is 0 Å². The standard InChI is InChI=1S/C19H30N2O2/c1-21-12-6-7-16(14-21)23-18-13-15(8-9-17(18)22-2)19(20)10-4-3-5-11-19/h8-9,13,16H,3-7,10-12,14,20H2,1-2H3. The highest BCUT2D eigenvalue weighted by Crippen LogP contribution is 2.39. The minimum absolute atomic E-state index is 0.202. The SMILES string of the molecule is COc1ccc(C2(N)CCCCC2)cc1OC1CCCN(C)C1. The summed E-state index contributed by atoms with van der Waals surface area (Å²) >= 11 is 0. The average molecular weight is 318 g/mol. The van der Waals surface area contributed by atoms with Gasteiger partial charge in [0.25, 0.3) is 0 Å². The predicted octanol–water partition coefficient (Wildman–Crippen LogP) is 3.29. The second-order valence-corrected chi connectivity index (χ2v) is 7.23. The van der Waals surface area contributed by atoms with Gasteiger partial charge in [0.05, 0.1) is 7.11 Å². The zero-order valence-corrected chi connectivity index (χ0v) is 14.5. The lowest BCUT2D eigenvalue weighted by Gasteiger charge is -2.35. The van der Waals surface area contributed by atoms with E-state index in [9.17, 15) is 0 Å². The van der Waals surface area contributed by atoms with Crippen molar-refractivity contribution in [3.8, 4) is 11.5 Å². The molecule has 1 aliphatic carbocycles. The van der Waals surface area contributed by atoms with E-state index in [0.717, 1.165) is 43.9 Å². The number of nitrogens with two attached hydrogens (primary N) is 1. The Balaban J connectivity index is 1.81. The van der Waals surface area contributed by atoms with Crippen molar-refractivity contribution in [2.45, 2.75) is 56.6 Å². The fraction of sp³-hybridized carbons (Fsp3) is 0.684. The van der Waals surface area contributed by atoms with E-state index in [-0.39, 0.29) is 11.6 Å². The zero-order valence-electron chi connectivity index (χ0n) is 14.5. The van der Waals surface area contributed by atoms with Crippen LogP contribution in [0.2, 0.25) is 0 Å². The number of piperidine rings is 1. The lowest BCUT2D eigenvalue weighted by atomic mass is 9.77. The van der Waals surface area contributed by atoms with Gasteiger partial charge >= 0.3 is 0 Å². The van der Waals surface area contributed by atoms with E-state index in [2.05, 4.69) is 24.1 Å². The fourth-order valence-electron chi connectivity index (χ4n) is 3.94. The van der Waals surface area contributed by atoms with Gasteiger partial charge in [0.1, 0.15) is 6.10 Å². The molecule has 1 saturated heterocycles. The van der Waals surface area contributed by atoms with Crippen LogP contribution in [0.1, 0.15) is 50.5 Å². The average Bonchev–Trinajstić information content (AvgIpc) is 2.55. The summed E-state index contributed by atoms with van der Waals surface area (Å²) in [6.45, 7) is 2.13. The summed E-state index contributed by atoms with van der Waals surface area (Å²) in [6.07, 6.45) is 8.37. The monoisotopic (exact) mass is 318 g/mol. The quantitative estimate of drug-likeness (QED) is 0.925. The molecule has 4 heteroatoms. The number of rotatable bonds is 4. The molecule has 0 radical (unpaired) electrons. The van der Waals surface area contributed by atoms with Crippen molar-refractivity contribution in [1.29, 1.82) is 0 Å². The first-order valence-electron chi connectivity index (χ1n) is 8.93. The molecule has 1 aromatic rings. The van der Waals surface area contributed by atoms with E-state index in [1.807, 2.05) is 6.07 Å². The molecule has 1 saturated carbocycles. The van der Waals surface area contributed by atoms with E-state index in [1.165, 1.54) is 31.2 Å². The third-order valence-electron chi connectivity index (χ3n) is 5.36. The van der Waals surface area contributed by atoms with Crippen LogP contribution in [0.5, 0.6) is 11.5 Å². The van der Waals surface area contributed by atoms with Crippen LogP contribution in [0.3, 0.4) is 0 Å². The maximum atomic E-state index is 6.69. The molecule has 23 heavy (non-hydrogen) atoms. The number of methoxy groups -OCH3 is 1. The number of hydrogen-bond donors (Lipinski definition) is 1. The molecule has 1 aromatic carbocycles. The Bertz CT molecular complexity index is 526. The second kappa shape index (κ2) is 7.10. The molecule has 1 aliphatic heterocycles. The van der Waals surface area contributed by atoms with Gasteiger partial charge in [0.2, 0.25) is 0 Å². The van der Waals surface area contributed by atoms with E-state index >= 15 is 0 Å². The Kier molecular flexibility index (Phi) is 5.12. The predicted molar refractivity (Wildman–Crippen MR) is 93.1 cm³/mol. The summed E-state index contributed by atoms with van der Waals surface area (Å²) in [6, 6.07) is 6.25. The second-order valence-electron chi connectivity index (χ2n) is 7.23. The van der Waals surface area contributed by atoms with Crippen LogP contribution in [-0.2, 0) is 5.54 Å². The van der Waals surface area contributed by atoms with Crippen LogP contribution in [0.25, 0.3) is 0 Å². The summed E-state index contributed by atoms with van der Waals surface area (Å²) < 4.78 is 11.8. The topological polar surface area (TPSA) is 47.7 Å². The lowest BCUT2D eigenvalue weighted by Crippen LogP contribution is -2.39. The molecule has 0 amide bonds. The molecule has 0 aromatic heterocycles. The van der Waals surface area contributed by atoms with Crippen LogP contribution >= 0.6 is 0 Å². The smallest absolute Gasteiger partial charge is 0.161 e. The summed E-state index contributed by atoms with van der Waals surface area (Å²) in [4.78, 5) is 2.33. The summed E-state index contributed by atoms with van der Waals surface area (Å²) in [5.41, 5.74) is 7.68. The molecular weight excluding hydrogens is 288 g/mol. The molecule has 1 atom stereocenters. The maximum Gasteiger partial charge on any atom is 0.161 e. The first-order valence-corrected chi connectivity index (χ1v) is 8.93. The molecular formula is C19H30N2O2. The van der Waals surface area contributed by atoms with E-state index < -0.39 is 0 Å². The number of nitrogens with zero attached hydrogens (tertiary/aromatic N) is 1. The highest BCUT2D eigenvalue weighted by Gasteiger charge is 2.30. The van der Waals surface area contributed by atoms with E-state index in [0.29, 0.717) is 0 Å². The van der Waals surface area contributed by atoms with Crippen LogP contribution in [-0.4, -0.2) is 38.3 Å². The van der Waals surface area contributed by atoms with Crippen LogP contribution in [0, 0.1) is 0 Å². The molecule has 0 spiro atoms. The van der Waals surface area contributed by atoms with Gasteiger partial charge < -0.3 is 20.1 Å². The number of benzene rings is 1. The van der Waals surface area contributed by atoms with E-state index in [1.54, 1.807) is 7.11 Å². The molecule has 2 N–H and O–H groups in total. The van der Waals surface area contributed by atoms with Crippen molar-refractivity contribution in [2.24, 2.45) is 5.73 Å². The Morgan fingerprint density at radius 3 is 2.61 bits per heavy atom. The Labute approximate surface area is 139 Å². The van der Waals surface area contributed by atoms with Crippen molar-refractivity contribution < 1.29 is 9.47 Å². The van der Waals surface area contributed by atoms with Crippen LogP contribution in [0.4, 0.5) is 0 Å². The first-order chi connectivity index (χ1) is 11.1. The molecule has 1 heterocycles. The summed E-state index contributed by atoms with van der Waals surface area (Å²) in [5.74, 6) is 1.65. The Morgan fingerprint density at radius 1 is 1.13 bits per heavy atom. The Morgan fingerprint density at radius 2 is 1.91 bits per heavy atom. The number of hydrogen-bond acceptors (Lipinski definition) is 4. The van der Waals surface area contributed by atoms with Crippen molar-refractivity contribution in [2.75, 3.05) is 27.2 Å². The molecule has 4 nitrogen and oxygen atoms in total. The van der Waals surface area contributed by atoms with Gasteiger partial charge in [-0.3, -0.25) is 0 Å². The number of likely N-dealkylation sites (N-methyl/N-ethyl adjacent to an activating group) is 1. The zero-order chi connectivity index (χ0) is 16.3. The molecule has 1 unspecified atom stereocenters. The normalized spacial score (nSPS) is 25.1. The van der Waals surface area contributed by atoms with Gasteiger partial charge in [0, 0.05) is 12.1 Å². The third-order valence-corrected chi connectivity index (χ3v) is 5.36. The van der Waals surface area contributed by atoms with Crippen molar-refractivity contribution >= 4 is 0 Å². The first kappa shape index (κ1) is 16.6. The van der Waals surface area contributed by atoms with Crippen molar-refractivity contribution in [1.82, 2.24) is 4.90 Å². The van der Waals surface area contributed by atoms with Crippen LogP contribution in [0.15, 0.2) is 18.2 Å². The fourth-order valence-corrected chi connectivity index (χ4v) is 3.94.